The summed E-state index contributed by atoms with van der Waals surface area (Å²) < 4.78 is 6.31. The molecule has 0 saturated carbocycles. The first-order chi connectivity index (χ1) is 6.84. The molecule has 2 N–H and O–H groups in total. The lowest BCUT2D eigenvalue weighted by Gasteiger charge is -2.32. The van der Waals surface area contributed by atoms with Gasteiger partial charge in [0, 0.05) is 5.54 Å². The second-order valence-electron chi connectivity index (χ2n) is 4.40. The van der Waals surface area contributed by atoms with Gasteiger partial charge in [-0.2, -0.15) is 0 Å². The topological polar surface area (TPSA) is 45.4 Å². The summed E-state index contributed by atoms with van der Waals surface area (Å²) in [6.45, 7) is 7.71. The van der Waals surface area contributed by atoms with Crippen LogP contribution in [-0.4, -0.2) is 16.7 Å². The molecule has 4 heteroatoms. The molecular weight excluding hydrogens is 258 g/mol. The minimum Gasteiger partial charge on any atom is -0.466 e. The Bertz CT molecular complexity index is 320. The number of hydrogen-bond donors (Lipinski definition) is 2. The van der Waals surface area contributed by atoms with Crippen LogP contribution in [0, 0.1) is 0 Å². The predicted octanol–water partition coefficient (Wildman–Crippen LogP) is 2.85. The molecular formula is C11H18BrNO2. The average Bonchev–Trinajstić information content (AvgIpc) is 2.50. The molecule has 3 nitrogen and oxygen atoms in total. The SMILES string of the molecule is CC(NC(C)(C)C(C)O)c1occc1Br. The molecule has 0 aliphatic rings. The highest BCUT2D eigenvalue weighted by Gasteiger charge is 2.27. The maximum Gasteiger partial charge on any atom is 0.134 e. The van der Waals surface area contributed by atoms with E-state index in [-0.39, 0.29) is 11.6 Å². The number of furan rings is 1. The van der Waals surface area contributed by atoms with E-state index in [0.29, 0.717) is 0 Å². The Kier molecular flexibility index (Phi) is 3.98. The number of hydrogen-bond acceptors (Lipinski definition) is 3. The Morgan fingerprint density at radius 2 is 2.07 bits per heavy atom. The van der Waals surface area contributed by atoms with Crippen LogP contribution in [0.3, 0.4) is 0 Å². The van der Waals surface area contributed by atoms with Gasteiger partial charge in [0.05, 0.1) is 22.9 Å². The fourth-order valence-electron chi connectivity index (χ4n) is 1.36. The molecule has 2 atom stereocenters. The average molecular weight is 276 g/mol. The van der Waals surface area contributed by atoms with Crippen molar-refractivity contribution in [3.63, 3.8) is 0 Å². The molecule has 0 amide bonds. The van der Waals surface area contributed by atoms with Gasteiger partial charge < -0.3 is 9.52 Å². The van der Waals surface area contributed by atoms with Crippen molar-refractivity contribution in [3.05, 3.63) is 22.6 Å². The Morgan fingerprint density at radius 1 is 1.47 bits per heavy atom. The van der Waals surface area contributed by atoms with E-state index in [9.17, 15) is 5.11 Å². The fourth-order valence-corrected chi connectivity index (χ4v) is 1.90. The Hall–Kier alpha value is -0.320. The van der Waals surface area contributed by atoms with Crippen LogP contribution in [0.25, 0.3) is 0 Å². The number of halogens is 1. The van der Waals surface area contributed by atoms with Crippen LogP contribution in [0.2, 0.25) is 0 Å². The highest BCUT2D eigenvalue weighted by molar-refractivity contribution is 9.10. The zero-order valence-electron chi connectivity index (χ0n) is 9.54. The largest absolute Gasteiger partial charge is 0.466 e. The number of rotatable bonds is 4. The predicted molar refractivity (Wildman–Crippen MR) is 63.7 cm³/mol. The molecule has 1 aromatic heterocycles. The van der Waals surface area contributed by atoms with Crippen LogP contribution in [0.4, 0.5) is 0 Å². The van der Waals surface area contributed by atoms with Gasteiger partial charge in [-0.1, -0.05) is 0 Å². The zero-order valence-corrected chi connectivity index (χ0v) is 11.1. The van der Waals surface area contributed by atoms with Gasteiger partial charge >= 0.3 is 0 Å². The van der Waals surface area contributed by atoms with Crippen molar-refractivity contribution < 1.29 is 9.52 Å². The van der Waals surface area contributed by atoms with Crippen molar-refractivity contribution in [1.82, 2.24) is 5.32 Å². The van der Waals surface area contributed by atoms with Crippen molar-refractivity contribution in [2.45, 2.75) is 45.4 Å². The van der Waals surface area contributed by atoms with Gasteiger partial charge in [0.2, 0.25) is 0 Å². The van der Waals surface area contributed by atoms with E-state index in [4.69, 9.17) is 4.42 Å². The molecule has 2 unspecified atom stereocenters. The van der Waals surface area contributed by atoms with Crippen molar-refractivity contribution in [2.75, 3.05) is 0 Å². The van der Waals surface area contributed by atoms with Crippen molar-refractivity contribution in [2.24, 2.45) is 0 Å². The second-order valence-corrected chi connectivity index (χ2v) is 5.25. The molecule has 0 saturated heterocycles. The van der Waals surface area contributed by atoms with Crippen LogP contribution in [0.15, 0.2) is 21.2 Å². The van der Waals surface area contributed by atoms with Gasteiger partial charge in [0.1, 0.15) is 5.76 Å². The van der Waals surface area contributed by atoms with Crippen LogP contribution in [0.5, 0.6) is 0 Å². The maximum atomic E-state index is 9.59. The molecule has 0 aliphatic carbocycles. The Balaban J connectivity index is 2.72. The lowest BCUT2D eigenvalue weighted by Crippen LogP contribution is -2.49. The molecule has 0 aromatic carbocycles. The van der Waals surface area contributed by atoms with E-state index in [1.165, 1.54) is 0 Å². The van der Waals surface area contributed by atoms with Crippen LogP contribution < -0.4 is 5.32 Å². The number of aliphatic hydroxyl groups excluding tert-OH is 1. The number of nitrogens with one attached hydrogen (secondary N) is 1. The third-order valence-corrected chi connectivity index (χ3v) is 3.33. The summed E-state index contributed by atoms with van der Waals surface area (Å²) in [6.07, 6.45) is 1.22. The van der Waals surface area contributed by atoms with Crippen LogP contribution in [-0.2, 0) is 0 Å². The van der Waals surface area contributed by atoms with E-state index in [0.717, 1.165) is 10.2 Å². The van der Waals surface area contributed by atoms with Gasteiger partial charge in [-0.15, -0.1) is 0 Å². The zero-order chi connectivity index (χ0) is 11.6. The summed E-state index contributed by atoms with van der Waals surface area (Å²) in [5.41, 5.74) is -0.342. The Labute approximate surface area is 99.0 Å². The fraction of sp³-hybridized carbons (Fsp3) is 0.636. The smallest absolute Gasteiger partial charge is 0.134 e. The van der Waals surface area contributed by atoms with Crippen molar-refractivity contribution in [3.8, 4) is 0 Å². The van der Waals surface area contributed by atoms with E-state index >= 15 is 0 Å². The van der Waals surface area contributed by atoms with Gasteiger partial charge in [-0.05, 0) is 49.7 Å². The molecule has 0 fully saturated rings. The van der Waals surface area contributed by atoms with Gasteiger partial charge in [0.15, 0.2) is 0 Å². The van der Waals surface area contributed by atoms with E-state index in [1.54, 1.807) is 13.2 Å². The van der Waals surface area contributed by atoms with Crippen LogP contribution in [0.1, 0.15) is 39.5 Å². The van der Waals surface area contributed by atoms with Crippen LogP contribution >= 0.6 is 15.9 Å². The first-order valence-corrected chi connectivity index (χ1v) is 5.82. The van der Waals surface area contributed by atoms with Gasteiger partial charge in [0.25, 0.3) is 0 Å². The van der Waals surface area contributed by atoms with Crippen molar-refractivity contribution in [1.29, 1.82) is 0 Å². The minimum atomic E-state index is -0.423. The minimum absolute atomic E-state index is 0.0546. The van der Waals surface area contributed by atoms with E-state index in [1.807, 2.05) is 26.8 Å². The lowest BCUT2D eigenvalue weighted by molar-refractivity contribution is 0.0872. The molecule has 1 heterocycles. The molecule has 1 rings (SSSR count). The third-order valence-electron chi connectivity index (χ3n) is 2.67. The normalized spacial score (nSPS) is 16.4. The molecule has 0 radical (unpaired) electrons. The monoisotopic (exact) mass is 275 g/mol. The van der Waals surface area contributed by atoms with Gasteiger partial charge in [-0.25, -0.2) is 0 Å². The highest BCUT2D eigenvalue weighted by atomic mass is 79.9. The Morgan fingerprint density at radius 3 is 2.47 bits per heavy atom. The molecule has 0 bridgehead atoms. The lowest BCUT2D eigenvalue weighted by atomic mass is 9.97. The third kappa shape index (κ3) is 3.06. The summed E-state index contributed by atoms with van der Waals surface area (Å²) in [6, 6.07) is 1.92. The summed E-state index contributed by atoms with van der Waals surface area (Å²) in [4.78, 5) is 0. The highest BCUT2D eigenvalue weighted by Crippen LogP contribution is 2.26. The summed E-state index contributed by atoms with van der Waals surface area (Å²) in [5.74, 6) is 0.851. The molecule has 15 heavy (non-hydrogen) atoms. The molecule has 0 aliphatic heterocycles. The summed E-state index contributed by atoms with van der Waals surface area (Å²) >= 11 is 3.42. The summed E-state index contributed by atoms with van der Waals surface area (Å²) in [5, 5.41) is 12.9. The molecule has 1 aromatic rings. The first kappa shape index (κ1) is 12.7. The number of aliphatic hydroxyl groups is 1. The first-order valence-electron chi connectivity index (χ1n) is 5.03. The van der Waals surface area contributed by atoms with Gasteiger partial charge in [-0.3, -0.25) is 5.32 Å². The van der Waals surface area contributed by atoms with E-state index < -0.39 is 6.10 Å². The quantitative estimate of drug-likeness (QED) is 0.888. The molecule has 86 valence electrons. The van der Waals surface area contributed by atoms with Crippen molar-refractivity contribution >= 4 is 15.9 Å². The maximum absolute atomic E-state index is 9.59. The standard InChI is InChI=1S/C11H18BrNO2/c1-7(10-9(12)5-6-15-10)13-11(3,4)8(2)14/h5-8,13-14H,1-4H3. The second kappa shape index (κ2) is 4.68. The summed E-state index contributed by atoms with van der Waals surface area (Å²) in [7, 11) is 0. The van der Waals surface area contributed by atoms with E-state index in [2.05, 4.69) is 21.2 Å². The molecule has 0 spiro atoms.